The fraction of sp³-hybridized carbons (Fsp3) is 0.100. The van der Waals surface area contributed by atoms with E-state index in [1.54, 1.807) is 18.3 Å². The minimum atomic E-state index is 0.302. The molecule has 0 bridgehead atoms. The Kier molecular flexibility index (Phi) is 2.10. The molecule has 0 fully saturated rings. The van der Waals surface area contributed by atoms with Crippen molar-refractivity contribution in [2.75, 3.05) is 0 Å². The molecule has 70 valence electrons. The first-order valence-electron chi connectivity index (χ1n) is 4.13. The summed E-state index contributed by atoms with van der Waals surface area (Å²) in [7, 11) is 0. The first kappa shape index (κ1) is 8.62. The van der Waals surface area contributed by atoms with Crippen molar-refractivity contribution >= 4 is 6.29 Å². The molecule has 0 radical (unpaired) electrons. The maximum atomic E-state index is 10.4. The highest BCUT2D eigenvalue weighted by Gasteiger charge is 2.04. The number of aromatic nitrogens is 2. The van der Waals surface area contributed by atoms with Crippen molar-refractivity contribution in [3.63, 3.8) is 0 Å². The van der Waals surface area contributed by atoms with Crippen LogP contribution in [0.5, 0.6) is 0 Å². The van der Waals surface area contributed by atoms with Gasteiger partial charge in [0.25, 0.3) is 0 Å². The van der Waals surface area contributed by atoms with Crippen molar-refractivity contribution in [1.82, 2.24) is 9.97 Å². The van der Waals surface area contributed by atoms with E-state index in [-0.39, 0.29) is 0 Å². The van der Waals surface area contributed by atoms with Crippen LogP contribution in [-0.4, -0.2) is 16.3 Å². The smallest absolute Gasteiger partial charge is 0.185 e. The van der Waals surface area contributed by atoms with Gasteiger partial charge < -0.3 is 4.42 Å². The fourth-order valence-corrected chi connectivity index (χ4v) is 1.17. The Morgan fingerprint density at radius 2 is 2.36 bits per heavy atom. The molecular weight excluding hydrogens is 180 g/mol. The third-order valence-corrected chi connectivity index (χ3v) is 1.81. The first-order chi connectivity index (χ1) is 6.79. The number of nitrogens with zero attached hydrogens (tertiary/aromatic N) is 2. The highest BCUT2D eigenvalue weighted by molar-refractivity contribution is 5.74. The molecule has 0 aliphatic heterocycles. The number of hydrogen-bond acceptors (Lipinski definition) is 4. The number of carbonyl (C=O) groups excluding carboxylic acids is 1. The number of hydrogen-bond donors (Lipinski definition) is 0. The molecule has 2 aromatic heterocycles. The molecule has 0 aliphatic rings. The second-order valence-electron chi connectivity index (χ2n) is 2.84. The van der Waals surface area contributed by atoms with Crippen molar-refractivity contribution in [3.8, 4) is 11.3 Å². The van der Waals surface area contributed by atoms with Gasteiger partial charge in [-0.25, -0.2) is 9.97 Å². The predicted molar refractivity (Wildman–Crippen MR) is 49.9 cm³/mol. The maximum Gasteiger partial charge on any atom is 0.185 e. The molecular formula is C10H8N2O2. The predicted octanol–water partition coefficient (Wildman–Crippen LogP) is 1.86. The molecule has 0 saturated carbocycles. The topological polar surface area (TPSA) is 56.0 Å². The normalized spacial score (nSPS) is 10.1. The Bertz CT molecular complexity index is 463. The minimum Gasteiger partial charge on any atom is -0.461 e. The van der Waals surface area contributed by atoms with Gasteiger partial charge in [-0.15, -0.1) is 0 Å². The van der Waals surface area contributed by atoms with Crippen LogP contribution >= 0.6 is 0 Å². The molecule has 0 spiro atoms. The van der Waals surface area contributed by atoms with Gasteiger partial charge in [-0.3, -0.25) is 4.79 Å². The molecule has 0 unspecified atom stereocenters. The number of aryl methyl sites for hydroxylation is 1. The molecule has 0 aliphatic carbocycles. The zero-order chi connectivity index (χ0) is 9.97. The highest BCUT2D eigenvalue weighted by atomic mass is 16.3. The molecule has 2 heterocycles. The van der Waals surface area contributed by atoms with Crippen molar-refractivity contribution < 1.29 is 9.21 Å². The van der Waals surface area contributed by atoms with Crippen LogP contribution in [0.1, 0.15) is 16.4 Å². The molecule has 0 aromatic carbocycles. The molecule has 4 heteroatoms. The summed E-state index contributed by atoms with van der Waals surface area (Å²) < 4.78 is 4.98. The summed E-state index contributed by atoms with van der Waals surface area (Å²) in [5.41, 5.74) is 1.55. The monoisotopic (exact) mass is 188 g/mol. The minimum absolute atomic E-state index is 0.302. The summed E-state index contributed by atoms with van der Waals surface area (Å²) in [5, 5.41) is 0. The average molecular weight is 188 g/mol. The van der Waals surface area contributed by atoms with Crippen LogP contribution < -0.4 is 0 Å². The molecule has 0 N–H and O–H groups in total. The number of furan rings is 1. The second kappa shape index (κ2) is 3.41. The lowest BCUT2D eigenvalue weighted by molar-refractivity contribution is 0.110. The van der Waals surface area contributed by atoms with Crippen LogP contribution in [0.4, 0.5) is 0 Å². The SMILES string of the molecule is Cc1nccc(-c2coc(C=O)c2)n1. The van der Waals surface area contributed by atoms with E-state index in [0.717, 1.165) is 11.3 Å². The summed E-state index contributed by atoms with van der Waals surface area (Å²) in [6.45, 7) is 1.81. The molecule has 14 heavy (non-hydrogen) atoms. The second-order valence-corrected chi connectivity index (χ2v) is 2.84. The van der Waals surface area contributed by atoms with E-state index < -0.39 is 0 Å². The summed E-state index contributed by atoms with van der Waals surface area (Å²) >= 11 is 0. The molecule has 2 rings (SSSR count). The van der Waals surface area contributed by atoms with Crippen molar-refractivity contribution in [2.45, 2.75) is 6.92 Å². The fourth-order valence-electron chi connectivity index (χ4n) is 1.17. The van der Waals surface area contributed by atoms with Gasteiger partial charge >= 0.3 is 0 Å². The lowest BCUT2D eigenvalue weighted by atomic mass is 10.2. The summed E-state index contributed by atoms with van der Waals surface area (Å²) in [6, 6.07) is 3.42. The van der Waals surface area contributed by atoms with Gasteiger partial charge in [-0.1, -0.05) is 0 Å². The Morgan fingerprint density at radius 3 is 3.00 bits per heavy atom. The van der Waals surface area contributed by atoms with Gasteiger partial charge in [0.2, 0.25) is 0 Å². The Labute approximate surface area is 80.6 Å². The van der Waals surface area contributed by atoms with Crippen LogP contribution in [-0.2, 0) is 0 Å². The van der Waals surface area contributed by atoms with E-state index in [1.807, 2.05) is 6.92 Å². The standard InChI is InChI=1S/C10H8N2O2/c1-7-11-3-2-10(12-7)8-4-9(5-13)14-6-8/h2-6H,1H3. The van der Waals surface area contributed by atoms with E-state index in [1.165, 1.54) is 6.26 Å². The van der Waals surface area contributed by atoms with Crippen LogP contribution in [0.25, 0.3) is 11.3 Å². The first-order valence-corrected chi connectivity index (χ1v) is 4.13. The number of rotatable bonds is 2. The number of aldehydes is 1. The van der Waals surface area contributed by atoms with Crippen molar-refractivity contribution in [3.05, 3.63) is 36.2 Å². The highest BCUT2D eigenvalue weighted by Crippen LogP contribution is 2.18. The van der Waals surface area contributed by atoms with Crippen LogP contribution in [0.2, 0.25) is 0 Å². The Morgan fingerprint density at radius 1 is 1.50 bits per heavy atom. The molecule has 4 nitrogen and oxygen atoms in total. The van der Waals surface area contributed by atoms with E-state index >= 15 is 0 Å². The average Bonchev–Trinajstić information content (AvgIpc) is 2.66. The van der Waals surface area contributed by atoms with Crippen LogP contribution in [0, 0.1) is 6.92 Å². The lowest BCUT2D eigenvalue weighted by Gasteiger charge is -1.95. The lowest BCUT2D eigenvalue weighted by Crippen LogP contribution is -1.88. The van der Waals surface area contributed by atoms with Gasteiger partial charge in [-0.05, 0) is 19.1 Å². The van der Waals surface area contributed by atoms with Gasteiger partial charge in [0, 0.05) is 11.8 Å². The molecule has 0 atom stereocenters. The van der Waals surface area contributed by atoms with Gasteiger partial charge in [0.05, 0.1) is 5.69 Å². The van der Waals surface area contributed by atoms with Crippen LogP contribution in [0.15, 0.2) is 29.0 Å². The summed E-state index contributed by atoms with van der Waals surface area (Å²) in [5.74, 6) is 0.993. The van der Waals surface area contributed by atoms with E-state index in [0.29, 0.717) is 17.9 Å². The quantitative estimate of drug-likeness (QED) is 0.675. The zero-order valence-corrected chi connectivity index (χ0v) is 7.60. The van der Waals surface area contributed by atoms with E-state index in [4.69, 9.17) is 4.42 Å². The zero-order valence-electron chi connectivity index (χ0n) is 7.60. The Hall–Kier alpha value is -1.97. The van der Waals surface area contributed by atoms with Gasteiger partial charge in [0.1, 0.15) is 12.1 Å². The third-order valence-electron chi connectivity index (χ3n) is 1.81. The summed E-state index contributed by atoms with van der Waals surface area (Å²) in [6.07, 6.45) is 3.84. The van der Waals surface area contributed by atoms with Crippen molar-refractivity contribution in [1.29, 1.82) is 0 Å². The Balaban J connectivity index is 2.43. The number of carbonyl (C=O) groups is 1. The molecule has 0 amide bonds. The van der Waals surface area contributed by atoms with Crippen molar-refractivity contribution in [2.24, 2.45) is 0 Å². The third kappa shape index (κ3) is 1.54. The van der Waals surface area contributed by atoms with Gasteiger partial charge in [0.15, 0.2) is 12.0 Å². The van der Waals surface area contributed by atoms with E-state index in [2.05, 4.69) is 9.97 Å². The largest absolute Gasteiger partial charge is 0.461 e. The maximum absolute atomic E-state index is 10.4. The molecule has 2 aromatic rings. The van der Waals surface area contributed by atoms with Crippen LogP contribution in [0.3, 0.4) is 0 Å². The molecule has 0 saturated heterocycles. The summed E-state index contributed by atoms with van der Waals surface area (Å²) in [4.78, 5) is 18.6. The van der Waals surface area contributed by atoms with Gasteiger partial charge in [-0.2, -0.15) is 0 Å². The van der Waals surface area contributed by atoms with E-state index in [9.17, 15) is 4.79 Å².